The molecule has 1 heterocycles. The molecule has 1 N–H and O–H groups in total. The molecule has 0 aliphatic carbocycles. The number of anilines is 1. The van der Waals surface area contributed by atoms with Crippen LogP contribution >= 0.6 is 15.9 Å². The molecular weight excluding hydrogens is 314 g/mol. The zero-order valence-corrected chi connectivity index (χ0v) is 13.8. The van der Waals surface area contributed by atoms with Crippen LogP contribution in [0.5, 0.6) is 0 Å². The molecule has 1 fully saturated rings. The number of nitrogens with zero attached hydrogens (tertiary/aromatic N) is 2. The van der Waals surface area contributed by atoms with Gasteiger partial charge < -0.3 is 10.2 Å². The summed E-state index contributed by atoms with van der Waals surface area (Å²) in [5, 5.41) is 12.6. The third kappa shape index (κ3) is 3.74. The predicted octanol–water partition coefficient (Wildman–Crippen LogP) is 3.68. The molecule has 1 atom stereocenters. The summed E-state index contributed by atoms with van der Waals surface area (Å²) in [6.07, 6.45) is 3.86. The molecule has 1 aliphatic rings. The molecule has 1 unspecified atom stereocenters. The lowest BCUT2D eigenvalue weighted by Crippen LogP contribution is -2.46. The van der Waals surface area contributed by atoms with Gasteiger partial charge in [-0.05, 0) is 67.4 Å². The van der Waals surface area contributed by atoms with Crippen molar-refractivity contribution in [3.05, 3.63) is 28.2 Å². The van der Waals surface area contributed by atoms with E-state index in [0.29, 0.717) is 17.6 Å². The molecule has 20 heavy (non-hydrogen) atoms. The second-order valence-corrected chi connectivity index (χ2v) is 6.53. The molecule has 4 heteroatoms. The first-order valence-corrected chi connectivity index (χ1v) is 8.11. The lowest BCUT2D eigenvalue weighted by molar-refractivity contribution is 0.393. The Morgan fingerprint density at radius 2 is 2.25 bits per heavy atom. The zero-order valence-electron chi connectivity index (χ0n) is 12.2. The van der Waals surface area contributed by atoms with Gasteiger partial charge in [0.2, 0.25) is 0 Å². The molecule has 0 bridgehead atoms. The highest BCUT2D eigenvalue weighted by Crippen LogP contribution is 2.29. The van der Waals surface area contributed by atoms with Gasteiger partial charge in [0.1, 0.15) is 0 Å². The second kappa shape index (κ2) is 7.10. The van der Waals surface area contributed by atoms with Gasteiger partial charge in [-0.15, -0.1) is 0 Å². The summed E-state index contributed by atoms with van der Waals surface area (Å²) in [7, 11) is 0. The van der Waals surface area contributed by atoms with Crippen molar-refractivity contribution in [2.24, 2.45) is 0 Å². The summed E-state index contributed by atoms with van der Waals surface area (Å²) in [5.41, 5.74) is 1.87. The highest BCUT2D eigenvalue weighted by atomic mass is 79.9. The molecule has 108 valence electrons. The number of nitrogens with one attached hydrogen (secondary N) is 1. The smallest absolute Gasteiger partial charge is 0.0992 e. The number of hydrogen-bond acceptors (Lipinski definition) is 3. The second-order valence-electron chi connectivity index (χ2n) is 5.67. The van der Waals surface area contributed by atoms with Crippen LogP contribution in [0, 0.1) is 11.3 Å². The lowest BCUT2D eigenvalue weighted by atomic mass is 10.0. The fourth-order valence-corrected chi connectivity index (χ4v) is 3.32. The minimum atomic E-state index is 0.433. The van der Waals surface area contributed by atoms with Crippen molar-refractivity contribution in [2.45, 2.75) is 45.2 Å². The van der Waals surface area contributed by atoms with Gasteiger partial charge in [-0.2, -0.15) is 5.26 Å². The van der Waals surface area contributed by atoms with E-state index in [4.69, 9.17) is 5.26 Å². The van der Waals surface area contributed by atoms with Crippen LogP contribution < -0.4 is 10.2 Å². The average Bonchev–Trinajstić information content (AvgIpc) is 2.46. The molecule has 1 saturated heterocycles. The molecule has 0 spiro atoms. The summed E-state index contributed by atoms with van der Waals surface area (Å²) in [5.74, 6) is 0. The van der Waals surface area contributed by atoms with Gasteiger partial charge in [-0.1, -0.05) is 6.42 Å². The van der Waals surface area contributed by atoms with E-state index in [1.165, 1.54) is 24.9 Å². The van der Waals surface area contributed by atoms with Crippen LogP contribution in [0.25, 0.3) is 0 Å². The third-order valence-corrected chi connectivity index (χ3v) is 4.47. The molecule has 0 saturated carbocycles. The Bertz CT molecular complexity index is 487. The third-order valence-electron chi connectivity index (χ3n) is 3.84. The Hall–Kier alpha value is -1.05. The number of piperidine rings is 1. The van der Waals surface area contributed by atoms with E-state index < -0.39 is 0 Å². The van der Waals surface area contributed by atoms with Gasteiger partial charge in [0, 0.05) is 23.1 Å². The molecule has 0 radical (unpaired) electrons. The molecule has 0 aromatic heterocycles. The summed E-state index contributed by atoms with van der Waals surface area (Å²) >= 11 is 3.61. The maximum Gasteiger partial charge on any atom is 0.0992 e. The van der Waals surface area contributed by atoms with Crippen molar-refractivity contribution in [2.75, 3.05) is 18.0 Å². The van der Waals surface area contributed by atoms with E-state index >= 15 is 0 Å². The summed E-state index contributed by atoms with van der Waals surface area (Å²) < 4.78 is 1.00. The minimum Gasteiger partial charge on any atom is -0.367 e. The van der Waals surface area contributed by atoms with Crippen LogP contribution in [0.15, 0.2) is 22.7 Å². The summed E-state index contributed by atoms with van der Waals surface area (Å²) in [6.45, 7) is 6.58. The van der Waals surface area contributed by atoms with E-state index in [1.54, 1.807) is 0 Å². The first-order chi connectivity index (χ1) is 9.61. The zero-order chi connectivity index (χ0) is 14.5. The molecule has 1 aliphatic heterocycles. The Morgan fingerprint density at radius 1 is 1.45 bits per heavy atom. The highest BCUT2D eigenvalue weighted by molar-refractivity contribution is 9.10. The fraction of sp³-hybridized carbons (Fsp3) is 0.562. The Balaban J connectivity index is 2.17. The standard InChI is InChI=1S/C16H22BrN3/c1-12(2)20(11-14-5-3-4-8-19-14)16-7-6-13(10-18)9-15(16)17/h6-7,9,12,14,19H,3-5,8,11H2,1-2H3. The molecule has 1 aromatic carbocycles. The van der Waals surface area contributed by atoms with Crippen LogP contribution in [0.4, 0.5) is 5.69 Å². The van der Waals surface area contributed by atoms with Gasteiger partial charge in [0.25, 0.3) is 0 Å². The molecule has 3 nitrogen and oxygen atoms in total. The Labute approximate surface area is 130 Å². The van der Waals surface area contributed by atoms with E-state index in [-0.39, 0.29) is 0 Å². The number of nitriles is 1. The van der Waals surface area contributed by atoms with Crippen molar-refractivity contribution in [1.29, 1.82) is 5.26 Å². The van der Waals surface area contributed by atoms with Crippen LogP contribution in [0.1, 0.15) is 38.7 Å². The number of hydrogen-bond donors (Lipinski definition) is 1. The Kier molecular flexibility index (Phi) is 5.45. The summed E-state index contributed by atoms with van der Waals surface area (Å²) in [4.78, 5) is 2.41. The number of halogens is 1. The first kappa shape index (κ1) is 15.3. The predicted molar refractivity (Wildman–Crippen MR) is 87.0 cm³/mol. The SMILES string of the molecule is CC(C)N(CC1CCCCN1)c1ccc(C#N)cc1Br. The van der Waals surface area contributed by atoms with Crippen molar-refractivity contribution < 1.29 is 0 Å². The average molecular weight is 336 g/mol. The molecule has 0 amide bonds. The Morgan fingerprint density at radius 3 is 2.80 bits per heavy atom. The molecule has 2 rings (SSSR count). The maximum atomic E-state index is 8.97. The minimum absolute atomic E-state index is 0.433. The largest absolute Gasteiger partial charge is 0.367 e. The quantitative estimate of drug-likeness (QED) is 0.912. The lowest BCUT2D eigenvalue weighted by Gasteiger charge is -2.35. The van der Waals surface area contributed by atoms with Crippen molar-refractivity contribution >= 4 is 21.6 Å². The fourth-order valence-electron chi connectivity index (χ4n) is 2.71. The molecule has 1 aromatic rings. The van der Waals surface area contributed by atoms with Crippen LogP contribution in [-0.4, -0.2) is 25.2 Å². The van der Waals surface area contributed by atoms with Gasteiger partial charge >= 0.3 is 0 Å². The maximum absolute atomic E-state index is 8.97. The van der Waals surface area contributed by atoms with Crippen molar-refractivity contribution in [1.82, 2.24) is 5.32 Å². The van der Waals surface area contributed by atoms with Crippen molar-refractivity contribution in [3.8, 4) is 6.07 Å². The van der Waals surface area contributed by atoms with Gasteiger partial charge in [0.15, 0.2) is 0 Å². The number of rotatable bonds is 4. The van der Waals surface area contributed by atoms with Gasteiger partial charge in [0.05, 0.1) is 17.3 Å². The first-order valence-electron chi connectivity index (χ1n) is 7.31. The number of benzene rings is 1. The monoisotopic (exact) mass is 335 g/mol. The van der Waals surface area contributed by atoms with E-state index in [9.17, 15) is 0 Å². The highest BCUT2D eigenvalue weighted by Gasteiger charge is 2.20. The van der Waals surface area contributed by atoms with Crippen molar-refractivity contribution in [3.63, 3.8) is 0 Å². The van der Waals surface area contributed by atoms with Crippen LogP contribution in [-0.2, 0) is 0 Å². The van der Waals surface area contributed by atoms with E-state index in [0.717, 1.165) is 17.6 Å². The topological polar surface area (TPSA) is 39.1 Å². The summed E-state index contributed by atoms with van der Waals surface area (Å²) in [6, 6.07) is 9.02. The van der Waals surface area contributed by atoms with Crippen LogP contribution in [0.3, 0.4) is 0 Å². The van der Waals surface area contributed by atoms with E-state index in [2.05, 4.69) is 46.1 Å². The van der Waals surface area contributed by atoms with Crippen LogP contribution in [0.2, 0.25) is 0 Å². The normalized spacial score (nSPS) is 18.9. The van der Waals surface area contributed by atoms with Gasteiger partial charge in [-0.25, -0.2) is 0 Å². The molecular formula is C16H22BrN3. The van der Waals surface area contributed by atoms with E-state index in [1.807, 2.05) is 18.2 Å². The van der Waals surface area contributed by atoms with Gasteiger partial charge in [-0.3, -0.25) is 0 Å².